The van der Waals surface area contributed by atoms with Crippen molar-refractivity contribution in [3.05, 3.63) is 52.4 Å². The minimum absolute atomic E-state index is 0.0495. The molecule has 1 unspecified atom stereocenters. The van der Waals surface area contributed by atoms with E-state index in [1.54, 1.807) is 17.3 Å². The molecule has 0 saturated heterocycles. The molecule has 0 fully saturated rings. The van der Waals surface area contributed by atoms with E-state index < -0.39 is 0 Å². The van der Waals surface area contributed by atoms with E-state index in [1.807, 2.05) is 39.0 Å². The van der Waals surface area contributed by atoms with Crippen molar-refractivity contribution in [3.63, 3.8) is 0 Å². The molecular formula is C18H19Cl2N3O. The molecule has 0 aliphatic carbocycles. The first-order valence-corrected chi connectivity index (χ1v) is 8.72. The molecule has 0 saturated carbocycles. The van der Waals surface area contributed by atoms with E-state index in [2.05, 4.69) is 9.97 Å². The summed E-state index contributed by atoms with van der Waals surface area (Å²) in [5.41, 5.74) is 2.27. The zero-order valence-corrected chi connectivity index (χ0v) is 15.4. The molecule has 0 N–H and O–H groups in total. The van der Waals surface area contributed by atoms with Crippen molar-refractivity contribution in [2.24, 2.45) is 0 Å². The summed E-state index contributed by atoms with van der Waals surface area (Å²) in [7, 11) is 0. The van der Waals surface area contributed by atoms with Crippen LogP contribution in [0.5, 0.6) is 0 Å². The number of alkyl halides is 1. The molecule has 0 bridgehead atoms. The minimum Gasteiger partial charge on any atom is -0.291 e. The van der Waals surface area contributed by atoms with Gasteiger partial charge in [-0.15, -0.1) is 11.6 Å². The van der Waals surface area contributed by atoms with Crippen LogP contribution < -0.4 is 4.90 Å². The van der Waals surface area contributed by atoms with Crippen LogP contribution in [-0.4, -0.2) is 21.4 Å². The van der Waals surface area contributed by atoms with Crippen molar-refractivity contribution in [1.82, 2.24) is 9.97 Å². The number of aromatic nitrogens is 2. The summed E-state index contributed by atoms with van der Waals surface area (Å²) in [6.45, 7) is 6.03. The molecule has 0 aromatic carbocycles. The highest BCUT2D eigenvalue weighted by molar-refractivity contribution is 6.30. The largest absolute Gasteiger partial charge is 0.291 e. The number of fused-ring (bicyclic) bond motifs is 1. The molecule has 2 aromatic rings. The Morgan fingerprint density at radius 2 is 2.04 bits per heavy atom. The zero-order valence-electron chi connectivity index (χ0n) is 13.9. The van der Waals surface area contributed by atoms with E-state index in [9.17, 15) is 4.79 Å². The average Bonchev–Trinajstić information content (AvgIpc) is 2.81. The summed E-state index contributed by atoms with van der Waals surface area (Å²) in [6, 6.07) is 5.64. The Morgan fingerprint density at radius 3 is 2.71 bits per heavy atom. The van der Waals surface area contributed by atoms with Gasteiger partial charge in [0.1, 0.15) is 5.82 Å². The summed E-state index contributed by atoms with van der Waals surface area (Å²) >= 11 is 12.0. The minimum atomic E-state index is -0.336. The van der Waals surface area contributed by atoms with E-state index in [-0.39, 0.29) is 17.4 Å². The molecule has 6 heteroatoms. The van der Waals surface area contributed by atoms with Crippen molar-refractivity contribution in [2.75, 3.05) is 4.90 Å². The van der Waals surface area contributed by atoms with Gasteiger partial charge in [0.2, 0.25) is 5.91 Å². The van der Waals surface area contributed by atoms with Gasteiger partial charge in [-0.05, 0) is 38.5 Å². The molecule has 1 aliphatic rings. The average molecular weight is 364 g/mol. The van der Waals surface area contributed by atoms with Crippen molar-refractivity contribution < 1.29 is 4.79 Å². The van der Waals surface area contributed by atoms with Crippen LogP contribution in [-0.2, 0) is 17.1 Å². The molecule has 0 spiro atoms. The number of amides is 1. The Morgan fingerprint density at radius 1 is 1.29 bits per heavy atom. The first-order chi connectivity index (χ1) is 11.3. The van der Waals surface area contributed by atoms with Gasteiger partial charge >= 0.3 is 0 Å². The van der Waals surface area contributed by atoms with Crippen LogP contribution in [0.4, 0.5) is 5.82 Å². The van der Waals surface area contributed by atoms with E-state index in [4.69, 9.17) is 23.2 Å². The Bertz CT molecular complexity index is 786. The van der Waals surface area contributed by atoms with Crippen LogP contribution in [0.3, 0.4) is 0 Å². The number of hydrogen-bond acceptors (Lipinski definition) is 3. The number of rotatable bonds is 3. The molecule has 2 aromatic heterocycles. The third-order valence-corrected chi connectivity index (χ3v) is 4.66. The summed E-state index contributed by atoms with van der Waals surface area (Å²) in [5, 5.41) is 0.547. The number of carbonyl (C=O) groups is 1. The lowest BCUT2D eigenvalue weighted by Crippen LogP contribution is -2.45. The number of pyridine rings is 2. The van der Waals surface area contributed by atoms with Crippen LogP contribution in [0.25, 0.3) is 0 Å². The first kappa shape index (κ1) is 17.2. The zero-order chi connectivity index (χ0) is 17.5. The molecule has 0 radical (unpaired) electrons. The maximum absolute atomic E-state index is 13.1. The first-order valence-electron chi connectivity index (χ1n) is 7.81. The monoisotopic (exact) mass is 363 g/mol. The van der Waals surface area contributed by atoms with Crippen molar-refractivity contribution in [1.29, 1.82) is 0 Å². The topological polar surface area (TPSA) is 46.1 Å². The third-order valence-electron chi connectivity index (χ3n) is 4.16. The Balaban J connectivity index is 2.02. The Labute approximate surface area is 151 Å². The van der Waals surface area contributed by atoms with Gasteiger partial charge in [-0.2, -0.15) is 0 Å². The molecule has 126 valence electrons. The fraction of sp³-hybridized carbons (Fsp3) is 0.389. The highest BCUT2D eigenvalue weighted by atomic mass is 35.5. The fourth-order valence-corrected chi connectivity index (χ4v) is 3.52. The molecule has 24 heavy (non-hydrogen) atoms. The number of carbonyl (C=O) groups excluding carboxylic acids is 1. The number of halogens is 2. The lowest BCUT2D eigenvalue weighted by Gasteiger charge is -2.31. The molecule has 1 atom stereocenters. The van der Waals surface area contributed by atoms with Gasteiger partial charge in [-0.1, -0.05) is 17.7 Å². The predicted octanol–water partition coefficient (Wildman–Crippen LogP) is 4.34. The number of nitrogens with zero attached hydrogens (tertiary/aromatic N) is 3. The second-order valence-corrected chi connectivity index (χ2v) is 7.61. The van der Waals surface area contributed by atoms with Crippen LogP contribution in [0.15, 0.2) is 30.6 Å². The van der Waals surface area contributed by atoms with Gasteiger partial charge < -0.3 is 0 Å². The summed E-state index contributed by atoms with van der Waals surface area (Å²) in [5.74, 6) is 0.797. The molecular weight excluding hydrogens is 345 g/mol. The highest BCUT2D eigenvalue weighted by Crippen LogP contribution is 2.41. The maximum atomic E-state index is 13.1. The van der Waals surface area contributed by atoms with Crippen molar-refractivity contribution >= 4 is 34.9 Å². The summed E-state index contributed by atoms with van der Waals surface area (Å²) < 4.78 is 0. The lowest BCUT2D eigenvalue weighted by atomic mass is 9.95. The second-order valence-electron chi connectivity index (χ2n) is 6.91. The van der Waals surface area contributed by atoms with Gasteiger partial charge in [0.25, 0.3) is 0 Å². The summed E-state index contributed by atoms with van der Waals surface area (Å²) in [6.07, 6.45) is 3.80. The maximum Gasteiger partial charge on any atom is 0.236 e. The molecule has 1 amide bonds. The third kappa shape index (κ3) is 3.01. The van der Waals surface area contributed by atoms with Crippen molar-refractivity contribution in [2.45, 2.75) is 44.5 Å². The summed E-state index contributed by atoms with van der Waals surface area (Å²) in [4.78, 5) is 23.7. The quantitative estimate of drug-likeness (QED) is 0.761. The smallest absolute Gasteiger partial charge is 0.236 e. The Hall–Kier alpha value is -1.65. The predicted molar refractivity (Wildman–Crippen MR) is 96.7 cm³/mol. The molecule has 3 rings (SSSR count). The van der Waals surface area contributed by atoms with E-state index >= 15 is 0 Å². The van der Waals surface area contributed by atoms with E-state index in [0.717, 1.165) is 22.6 Å². The highest BCUT2D eigenvalue weighted by Gasteiger charge is 2.43. The Kier molecular flexibility index (Phi) is 4.54. The SMILES string of the molecule is CC(C)(C)N1C(=O)C(Cc2ncc(Cl)cc2CCl)c2cccnc21. The molecule has 3 heterocycles. The number of anilines is 1. The lowest BCUT2D eigenvalue weighted by molar-refractivity contribution is -0.120. The van der Waals surface area contributed by atoms with Crippen LogP contribution in [0, 0.1) is 0 Å². The fourth-order valence-electron chi connectivity index (χ4n) is 3.11. The standard InChI is InChI=1S/C18H19Cl2N3O/c1-18(2,3)23-16-13(5-4-6-21-16)14(17(23)24)8-15-11(9-19)7-12(20)10-22-15/h4-7,10,14H,8-9H2,1-3H3. The van der Waals surface area contributed by atoms with Crippen LogP contribution in [0.1, 0.15) is 43.5 Å². The second kappa shape index (κ2) is 6.34. The van der Waals surface area contributed by atoms with Gasteiger partial charge in [-0.25, -0.2) is 4.98 Å². The number of hydrogen-bond donors (Lipinski definition) is 0. The van der Waals surface area contributed by atoms with E-state index in [0.29, 0.717) is 17.3 Å². The van der Waals surface area contributed by atoms with E-state index in [1.165, 1.54) is 0 Å². The van der Waals surface area contributed by atoms with Gasteiger partial charge in [-0.3, -0.25) is 14.7 Å². The van der Waals surface area contributed by atoms with Gasteiger partial charge in [0.05, 0.1) is 10.9 Å². The van der Waals surface area contributed by atoms with Crippen LogP contribution in [0.2, 0.25) is 5.02 Å². The van der Waals surface area contributed by atoms with Crippen molar-refractivity contribution in [3.8, 4) is 0 Å². The molecule has 4 nitrogen and oxygen atoms in total. The van der Waals surface area contributed by atoms with Gasteiger partial charge in [0.15, 0.2) is 0 Å². The van der Waals surface area contributed by atoms with Crippen LogP contribution >= 0.6 is 23.2 Å². The normalized spacial score (nSPS) is 17.3. The van der Waals surface area contributed by atoms with Gasteiger partial charge in [0, 0.05) is 41.5 Å². The molecule has 1 aliphatic heterocycles.